The lowest BCUT2D eigenvalue weighted by Crippen LogP contribution is -2.46. The molecule has 0 saturated carbocycles. The molecule has 1 heterocycles. The van der Waals surface area contributed by atoms with E-state index in [-0.39, 0.29) is 36.7 Å². The van der Waals surface area contributed by atoms with Crippen LogP contribution in [0.4, 0.5) is 0 Å². The summed E-state index contributed by atoms with van der Waals surface area (Å²) in [5.74, 6) is 11.8. The minimum Gasteiger partial charge on any atom is -0.396 e. The summed E-state index contributed by atoms with van der Waals surface area (Å²) in [7, 11) is 3.83. The van der Waals surface area contributed by atoms with E-state index in [0.717, 1.165) is 11.1 Å². The summed E-state index contributed by atoms with van der Waals surface area (Å²) in [6.45, 7) is 5.13. The number of fused-ring (bicyclic) bond motifs is 1. The van der Waals surface area contributed by atoms with Gasteiger partial charge >= 0.3 is 0 Å². The lowest BCUT2D eigenvalue weighted by Gasteiger charge is -2.22. The smallest absolute Gasteiger partial charge is 0.280 e. The number of hydrazone groups is 1. The number of nitrogens with zero attached hydrogens (tertiary/aromatic N) is 5. The summed E-state index contributed by atoms with van der Waals surface area (Å²) >= 11 is 0. The van der Waals surface area contributed by atoms with E-state index in [4.69, 9.17) is 16.8 Å². The summed E-state index contributed by atoms with van der Waals surface area (Å²) in [4.78, 5) is 19.8. The maximum atomic E-state index is 13.3. The number of nitrogens with two attached hydrogens (primary N) is 2. The molecule has 0 spiro atoms. The van der Waals surface area contributed by atoms with E-state index in [1.54, 1.807) is 4.57 Å². The molecule has 0 bridgehead atoms. The molecule has 0 aliphatic heterocycles. The van der Waals surface area contributed by atoms with Crippen LogP contribution in [0.2, 0.25) is 0 Å². The average Bonchev–Trinajstić information content (AvgIpc) is 2.68. The van der Waals surface area contributed by atoms with E-state index < -0.39 is 6.10 Å². The average molecular weight is 420 g/mol. The van der Waals surface area contributed by atoms with Gasteiger partial charge in [0.25, 0.3) is 5.56 Å². The Morgan fingerprint density at radius 3 is 2.50 bits per heavy atom. The predicted octanol–water partition coefficient (Wildman–Crippen LogP) is -0.496. The Morgan fingerprint density at radius 2 is 1.90 bits per heavy atom. The van der Waals surface area contributed by atoms with E-state index in [2.05, 4.69) is 10.1 Å². The Balaban J connectivity index is 2.58. The summed E-state index contributed by atoms with van der Waals surface area (Å²) < 4.78 is 1.57. The number of aliphatic hydroxyl groups excluding tert-OH is 2. The predicted molar refractivity (Wildman–Crippen MR) is 118 cm³/mol. The van der Waals surface area contributed by atoms with Crippen molar-refractivity contribution >= 4 is 16.9 Å². The lowest BCUT2D eigenvalue weighted by atomic mass is 10.1. The fourth-order valence-electron chi connectivity index (χ4n) is 3.12. The number of amidine groups is 1. The molecule has 10 nitrogen and oxygen atoms in total. The van der Waals surface area contributed by atoms with Gasteiger partial charge in [-0.05, 0) is 64.0 Å². The fourth-order valence-corrected chi connectivity index (χ4v) is 3.12. The third-order valence-corrected chi connectivity index (χ3v) is 5.10. The molecule has 0 radical (unpaired) electrons. The number of benzene rings is 1. The van der Waals surface area contributed by atoms with Gasteiger partial charge in [0, 0.05) is 26.2 Å². The molecule has 1 aromatic heterocycles. The number of aromatic nitrogens is 2. The summed E-state index contributed by atoms with van der Waals surface area (Å²) in [6.07, 6.45) is -0.151. The molecule has 10 heteroatoms. The van der Waals surface area contributed by atoms with Gasteiger partial charge < -0.3 is 25.5 Å². The largest absolute Gasteiger partial charge is 0.396 e. The first kappa shape index (κ1) is 23.7. The molecular formula is C20H33N7O3. The first-order valence-corrected chi connectivity index (χ1v) is 9.95. The van der Waals surface area contributed by atoms with Gasteiger partial charge in [0.1, 0.15) is 0 Å². The van der Waals surface area contributed by atoms with Crippen LogP contribution in [0.25, 0.3) is 11.0 Å². The van der Waals surface area contributed by atoms with Crippen molar-refractivity contribution in [3.63, 3.8) is 0 Å². The highest BCUT2D eigenvalue weighted by Gasteiger charge is 2.21. The van der Waals surface area contributed by atoms with Gasteiger partial charge in [0.05, 0.1) is 17.1 Å². The molecule has 0 aliphatic carbocycles. The summed E-state index contributed by atoms with van der Waals surface area (Å²) in [5.41, 5.74) is 3.02. The number of hydrogen-bond donors (Lipinski definition) is 4. The fraction of sp³-hybridized carbons (Fsp3) is 0.550. The molecule has 0 aliphatic rings. The highest BCUT2D eigenvalue weighted by Crippen LogP contribution is 2.18. The molecule has 2 aromatic rings. The monoisotopic (exact) mass is 419 g/mol. The molecule has 0 saturated heterocycles. The van der Waals surface area contributed by atoms with Crippen molar-refractivity contribution in [1.82, 2.24) is 19.5 Å². The number of aryl methyl sites for hydroxylation is 3. The van der Waals surface area contributed by atoms with Crippen LogP contribution in [-0.2, 0) is 6.54 Å². The molecule has 1 atom stereocenters. The minimum absolute atomic E-state index is 0.0613. The maximum absolute atomic E-state index is 13.3. The van der Waals surface area contributed by atoms with Gasteiger partial charge in [-0.1, -0.05) is 0 Å². The first-order chi connectivity index (χ1) is 14.2. The van der Waals surface area contributed by atoms with Crippen LogP contribution < -0.4 is 17.2 Å². The zero-order chi connectivity index (χ0) is 22.4. The Kier molecular flexibility index (Phi) is 8.30. The third kappa shape index (κ3) is 5.54. The Hall–Kier alpha value is -2.53. The van der Waals surface area contributed by atoms with Crippen molar-refractivity contribution in [2.45, 2.75) is 39.3 Å². The Labute approximate surface area is 176 Å². The van der Waals surface area contributed by atoms with Crippen molar-refractivity contribution in [2.24, 2.45) is 16.8 Å². The normalized spacial score (nSPS) is 13.3. The molecule has 30 heavy (non-hydrogen) atoms. The van der Waals surface area contributed by atoms with Crippen molar-refractivity contribution in [3.05, 3.63) is 39.3 Å². The van der Waals surface area contributed by atoms with Crippen molar-refractivity contribution in [1.29, 1.82) is 0 Å². The summed E-state index contributed by atoms with van der Waals surface area (Å²) in [5, 5.41) is 24.1. The minimum atomic E-state index is -0.714. The van der Waals surface area contributed by atoms with Gasteiger partial charge in [-0.25, -0.2) is 10.8 Å². The van der Waals surface area contributed by atoms with Crippen LogP contribution in [-0.4, -0.2) is 75.4 Å². The van der Waals surface area contributed by atoms with Crippen LogP contribution >= 0.6 is 0 Å². The molecular weight excluding hydrogens is 386 g/mol. The van der Waals surface area contributed by atoms with Gasteiger partial charge in [0.2, 0.25) is 0 Å². The van der Waals surface area contributed by atoms with Crippen LogP contribution in [0.1, 0.15) is 29.7 Å². The van der Waals surface area contributed by atoms with Crippen LogP contribution in [0.15, 0.2) is 22.0 Å². The molecule has 1 unspecified atom stereocenters. The third-order valence-electron chi connectivity index (χ3n) is 5.10. The first-order valence-electron chi connectivity index (χ1n) is 9.95. The van der Waals surface area contributed by atoms with E-state index in [1.807, 2.05) is 45.0 Å². The summed E-state index contributed by atoms with van der Waals surface area (Å²) in [6, 6.07) is 3.82. The second-order valence-corrected chi connectivity index (χ2v) is 7.75. The zero-order valence-electron chi connectivity index (χ0n) is 18.2. The highest BCUT2D eigenvalue weighted by molar-refractivity contribution is 5.97. The Morgan fingerprint density at radius 1 is 1.23 bits per heavy atom. The number of likely N-dealkylation sites (N-methyl/N-ethyl adjacent to an activating group) is 1. The van der Waals surface area contributed by atoms with Crippen LogP contribution in [0, 0.1) is 13.8 Å². The van der Waals surface area contributed by atoms with E-state index in [1.165, 1.54) is 5.01 Å². The van der Waals surface area contributed by atoms with Crippen LogP contribution in [0.5, 0.6) is 0 Å². The zero-order valence-corrected chi connectivity index (χ0v) is 18.2. The number of aliphatic hydroxyl groups is 2. The van der Waals surface area contributed by atoms with Crippen molar-refractivity contribution in [3.8, 4) is 0 Å². The number of hydrazine groups is 1. The maximum Gasteiger partial charge on any atom is 0.280 e. The quantitative estimate of drug-likeness (QED) is 0.184. The second-order valence-electron chi connectivity index (χ2n) is 7.75. The number of hydrogen-bond acceptors (Lipinski definition) is 8. The standard InChI is InChI=1S/C20H33N7O3/c1-13-11-16-17(12-14(13)2)26(7-5-15(29)6-10-28)20(30)18(23-16)19(24-21)27(22)9-8-25(3)4/h11-12,15,28-29H,5-10,21-22H2,1-4H3/b24-19-. The van der Waals surface area contributed by atoms with Crippen molar-refractivity contribution < 1.29 is 10.2 Å². The SMILES string of the molecule is Cc1cc2nc(/C(=N/N)N(N)CCN(C)C)c(=O)n(CCC(O)CCO)c2cc1C. The van der Waals surface area contributed by atoms with Crippen molar-refractivity contribution in [2.75, 3.05) is 33.8 Å². The van der Waals surface area contributed by atoms with Gasteiger partial charge in [-0.2, -0.15) is 5.10 Å². The van der Waals surface area contributed by atoms with Gasteiger partial charge in [-0.3, -0.25) is 9.80 Å². The Bertz CT molecular complexity index is 956. The highest BCUT2D eigenvalue weighted by atomic mass is 16.3. The van der Waals surface area contributed by atoms with E-state index in [0.29, 0.717) is 30.5 Å². The van der Waals surface area contributed by atoms with Gasteiger partial charge in [-0.15, -0.1) is 0 Å². The lowest BCUT2D eigenvalue weighted by molar-refractivity contribution is 0.121. The molecule has 6 N–H and O–H groups in total. The molecule has 1 aromatic carbocycles. The van der Waals surface area contributed by atoms with Crippen LogP contribution in [0.3, 0.4) is 0 Å². The topological polar surface area (TPSA) is 146 Å². The molecule has 0 fully saturated rings. The van der Waals surface area contributed by atoms with E-state index >= 15 is 0 Å². The number of rotatable bonds is 9. The second kappa shape index (κ2) is 10.5. The molecule has 166 valence electrons. The van der Waals surface area contributed by atoms with Gasteiger partial charge in [0.15, 0.2) is 11.5 Å². The van der Waals surface area contributed by atoms with E-state index in [9.17, 15) is 9.90 Å². The molecule has 2 rings (SSSR count). The molecule has 0 amide bonds.